The normalized spacial score (nSPS) is 12.5. The maximum atomic E-state index is 13.1. The molecule has 0 spiro atoms. The van der Waals surface area contributed by atoms with Crippen LogP contribution >= 0.6 is 15.9 Å². The Kier molecular flexibility index (Phi) is 3.03. The number of carbonyl (C=O) groups excluding carboxylic acids is 1. The van der Waals surface area contributed by atoms with Crippen molar-refractivity contribution >= 4 is 27.4 Å². The molecule has 4 heteroatoms. The van der Waals surface area contributed by atoms with Crippen molar-refractivity contribution in [1.82, 2.24) is 0 Å². The summed E-state index contributed by atoms with van der Waals surface area (Å²) >= 11 is 3.08. The number of benzene rings is 1. The summed E-state index contributed by atoms with van der Waals surface area (Å²) in [6, 6.07) is 4.04. The van der Waals surface area contributed by atoms with Crippen LogP contribution in [0.4, 0.5) is 10.1 Å². The Morgan fingerprint density at radius 2 is 2.23 bits per heavy atom. The molecule has 0 fully saturated rings. The van der Waals surface area contributed by atoms with Crippen LogP contribution in [0.5, 0.6) is 0 Å². The number of anilines is 1. The first-order valence-electron chi connectivity index (χ1n) is 3.75. The van der Waals surface area contributed by atoms with E-state index in [1.165, 1.54) is 12.1 Å². The number of nitrogen functional groups attached to an aromatic ring is 1. The van der Waals surface area contributed by atoms with Crippen molar-refractivity contribution in [1.29, 1.82) is 0 Å². The number of rotatable bonds is 2. The molecule has 0 amide bonds. The smallest absolute Gasteiger partial charge is 0.179 e. The SMILES string of the molecule is CC(Br)C(=O)c1ccc(N)cc1F. The number of hydrogen-bond donors (Lipinski definition) is 1. The highest BCUT2D eigenvalue weighted by Gasteiger charge is 2.15. The van der Waals surface area contributed by atoms with E-state index in [4.69, 9.17) is 5.73 Å². The summed E-state index contributed by atoms with van der Waals surface area (Å²) in [6.45, 7) is 1.65. The van der Waals surface area contributed by atoms with E-state index in [0.29, 0.717) is 5.69 Å². The molecule has 0 aromatic heterocycles. The van der Waals surface area contributed by atoms with Crippen LogP contribution in [0.2, 0.25) is 0 Å². The molecule has 13 heavy (non-hydrogen) atoms. The summed E-state index contributed by atoms with van der Waals surface area (Å²) in [5, 5.41) is 0. The zero-order valence-electron chi connectivity index (χ0n) is 7.05. The highest BCUT2D eigenvalue weighted by molar-refractivity contribution is 9.10. The van der Waals surface area contributed by atoms with E-state index in [1.807, 2.05) is 0 Å². The fourth-order valence-corrected chi connectivity index (χ4v) is 1.19. The van der Waals surface area contributed by atoms with Crippen LogP contribution in [0.15, 0.2) is 18.2 Å². The molecule has 1 rings (SSSR count). The maximum Gasteiger partial charge on any atom is 0.179 e. The first kappa shape index (κ1) is 10.2. The van der Waals surface area contributed by atoms with Gasteiger partial charge in [-0.2, -0.15) is 0 Å². The lowest BCUT2D eigenvalue weighted by Gasteiger charge is -2.04. The first-order chi connectivity index (χ1) is 6.02. The van der Waals surface area contributed by atoms with E-state index in [0.717, 1.165) is 6.07 Å². The minimum absolute atomic E-state index is 0.0681. The van der Waals surface area contributed by atoms with Gasteiger partial charge in [0.1, 0.15) is 5.82 Å². The van der Waals surface area contributed by atoms with Crippen molar-refractivity contribution in [2.24, 2.45) is 0 Å². The second kappa shape index (κ2) is 3.87. The summed E-state index contributed by atoms with van der Waals surface area (Å²) in [5.74, 6) is -0.853. The second-order valence-electron chi connectivity index (χ2n) is 2.72. The van der Waals surface area contributed by atoms with Crippen LogP contribution in [0.1, 0.15) is 17.3 Å². The first-order valence-corrected chi connectivity index (χ1v) is 4.67. The lowest BCUT2D eigenvalue weighted by molar-refractivity contribution is 0.0992. The largest absolute Gasteiger partial charge is 0.399 e. The zero-order valence-corrected chi connectivity index (χ0v) is 8.64. The predicted octanol–water partition coefficient (Wildman–Crippen LogP) is 2.37. The van der Waals surface area contributed by atoms with Crippen LogP contribution in [0.3, 0.4) is 0 Å². The molecule has 0 radical (unpaired) electrons. The van der Waals surface area contributed by atoms with Gasteiger partial charge in [-0.25, -0.2) is 4.39 Å². The molecule has 70 valence electrons. The Bertz CT molecular complexity index is 338. The number of ketones is 1. The average Bonchev–Trinajstić information content (AvgIpc) is 2.03. The van der Waals surface area contributed by atoms with Crippen molar-refractivity contribution in [3.63, 3.8) is 0 Å². The molecule has 1 atom stereocenters. The topological polar surface area (TPSA) is 43.1 Å². The van der Waals surface area contributed by atoms with E-state index < -0.39 is 5.82 Å². The van der Waals surface area contributed by atoms with Crippen molar-refractivity contribution in [3.05, 3.63) is 29.6 Å². The van der Waals surface area contributed by atoms with Gasteiger partial charge in [-0.3, -0.25) is 4.79 Å². The van der Waals surface area contributed by atoms with E-state index in [1.54, 1.807) is 6.92 Å². The monoisotopic (exact) mass is 245 g/mol. The maximum absolute atomic E-state index is 13.1. The molecule has 0 saturated heterocycles. The van der Waals surface area contributed by atoms with Crippen molar-refractivity contribution in [2.45, 2.75) is 11.8 Å². The van der Waals surface area contributed by atoms with Gasteiger partial charge in [0.15, 0.2) is 5.78 Å². The quantitative estimate of drug-likeness (QED) is 0.494. The van der Waals surface area contributed by atoms with E-state index in [9.17, 15) is 9.18 Å². The van der Waals surface area contributed by atoms with Crippen LogP contribution in [-0.4, -0.2) is 10.6 Å². The fraction of sp³-hybridized carbons (Fsp3) is 0.222. The molecule has 0 saturated carbocycles. The number of carbonyl (C=O) groups is 1. The highest BCUT2D eigenvalue weighted by atomic mass is 79.9. The van der Waals surface area contributed by atoms with Gasteiger partial charge in [0, 0.05) is 5.69 Å². The van der Waals surface area contributed by atoms with E-state index in [-0.39, 0.29) is 16.2 Å². The standard InChI is InChI=1S/C9H9BrFNO/c1-5(10)9(13)7-3-2-6(12)4-8(7)11/h2-5H,12H2,1H3. The number of nitrogens with two attached hydrogens (primary N) is 1. The second-order valence-corrected chi connectivity index (χ2v) is 4.09. The van der Waals surface area contributed by atoms with Gasteiger partial charge in [-0.1, -0.05) is 15.9 Å². The molecule has 0 aliphatic rings. The Labute approximate surface area is 84.1 Å². The average molecular weight is 246 g/mol. The minimum Gasteiger partial charge on any atom is -0.399 e. The third-order valence-corrected chi connectivity index (χ3v) is 2.04. The zero-order chi connectivity index (χ0) is 10.0. The fourth-order valence-electron chi connectivity index (χ4n) is 0.945. The van der Waals surface area contributed by atoms with Gasteiger partial charge in [-0.15, -0.1) is 0 Å². The Morgan fingerprint density at radius 3 is 2.69 bits per heavy atom. The number of alkyl halides is 1. The number of Topliss-reactive ketones (excluding diaryl/α,β-unsaturated/α-hetero) is 1. The third kappa shape index (κ3) is 2.28. The minimum atomic E-state index is -0.573. The Hall–Kier alpha value is -0.900. The van der Waals surface area contributed by atoms with Gasteiger partial charge in [-0.05, 0) is 25.1 Å². The number of hydrogen-bond acceptors (Lipinski definition) is 2. The lowest BCUT2D eigenvalue weighted by Crippen LogP contribution is -2.12. The molecule has 2 nitrogen and oxygen atoms in total. The molecule has 1 aromatic carbocycles. The van der Waals surface area contributed by atoms with Crippen molar-refractivity contribution in [2.75, 3.05) is 5.73 Å². The summed E-state index contributed by atoms with van der Waals surface area (Å²) in [7, 11) is 0. The molecular weight excluding hydrogens is 237 g/mol. The van der Waals surface area contributed by atoms with Gasteiger partial charge >= 0.3 is 0 Å². The van der Waals surface area contributed by atoms with Crippen LogP contribution in [0.25, 0.3) is 0 Å². The summed E-state index contributed by atoms with van der Waals surface area (Å²) in [4.78, 5) is 11.0. The van der Waals surface area contributed by atoms with Crippen LogP contribution < -0.4 is 5.73 Å². The molecule has 1 unspecified atom stereocenters. The molecule has 1 aromatic rings. The van der Waals surface area contributed by atoms with Crippen LogP contribution in [-0.2, 0) is 0 Å². The lowest BCUT2D eigenvalue weighted by atomic mass is 10.1. The third-order valence-electron chi connectivity index (χ3n) is 1.62. The van der Waals surface area contributed by atoms with E-state index >= 15 is 0 Å². The molecule has 0 bridgehead atoms. The van der Waals surface area contributed by atoms with Gasteiger partial charge < -0.3 is 5.73 Å². The number of halogens is 2. The summed E-state index contributed by atoms with van der Waals surface area (Å²) in [6.07, 6.45) is 0. The Balaban J connectivity index is 3.09. The van der Waals surface area contributed by atoms with Gasteiger partial charge in [0.05, 0.1) is 10.4 Å². The van der Waals surface area contributed by atoms with Crippen LogP contribution in [0, 0.1) is 5.82 Å². The Morgan fingerprint density at radius 1 is 1.62 bits per heavy atom. The van der Waals surface area contributed by atoms with Gasteiger partial charge in [0.2, 0.25) is 0 Å². The van der Waals surface area contributed by atoms with E-state index in [2.05, 4.69) is 15.9 Å². The molecule has 0 aliphatic heterocycles. The summed E-state index contributed by atoms with van der Waals surface area (Å²) in [5.41, 5.74) is 5.72. The highest BCUT2D eigenvalue weighted by Crippen LogP contribution is 2.16. The molecular formula is C9H9BrFNO. The summed E-state index contributed by atoms with van der Waals surface area (Å²) < 4.78 is 13.1. The molecule has 0 aliphatic carbocycles. The predicted molar refractivity (Wildman–Crippen MR) is 53.5 cm³/mol. The molecule has 0 heterocycles. The van der Waals surface area contributed by atoms with Crippen molar-refractivity contribution in [3.8, 4) is 0 Å². The van der Waals surface area contributed by atoms with Crippen molar-refractivity contribution < 1.29 is 9.18 Å². The van der Waals surface area contributed by atoms with Gasteiger partial charge in [0.25, 0.3) is 0 Å². The molecule has 2 N–H and O–H groups in total.